The van der Waals surface area contributed by atoms with Gasteiger partial charge in [-0.2, -0.15) is 0 Å². The minimum Gasteiger partial charge on any atom is -0.397 e. The Hall–Kier alpha value is -1.75. The maximum Gasteiger partial charge on any atom is 0.253 e. The molecule has 2 rings (SSSR count). The van der Waals surface area contributed by atoms with E-state index in [1.165, 1.54) is 17.7 Å². The third-order valence-electron chi connectivity index (χ3n) is 3.32. The molecule has 1 aromatic rings. The summed E-state index contributed by atoms with van der Waals surface area (Å²) in [4.78, 5) is 13.3. The second-order valence-corrected chi connectivity index (χ2v) is 5.45. The molecular formula is C15H23N3O2. The standard InChI is InChI=1S/C15H23N3O2/c1-18(2)15(19)12-5-6-14(13(16)9-12)17-7-8-20-10-11-3-4-11/h5-6,9,11,17H,3-4,7-8,10,16H2,1-2H3. The van der Waals surface area contributed by atoms with E-state index in [9.17, 15) is 4.79 Å². The third kappa shape index (κ3) is 4.13. The van der Waals surface area contributed by atoms with Crippen molar-refractivity contribution >= 4 is 17.3 Å². The summed E-state index contributed by atoms with van der Waals surface area (Å²) in [5.74, 6) is 0.743. The van der Waals surface area contributed by atoms with Crippen molar-refractivity contribution in [1.29, 1.82) is 0 Å². The molecule has 110 valence electrons. The number of ether oxygens (including phenoxy) is 1. The zero-order valence-electron chi connectivity index (χ0n) is 12.2. The number of anilines is 2. The Morgan fingerprint density at radius 2 is 2.20 bits per heavy atom. The lowest BCUT2D eigenvalue weighted by atomic mass is 10.1. The topological polar surface area (TPSA) is 67.6 Å². The Kier molecular flexibility index (Phi) is 4.84. The van der Waals surface area contributed by atoms with Gasteiger partial charge >= 0.3 is 0 Å². The highest BCUT2D eigenvalue weighted by molar-refractivity contribution is 5.95. The van der Waals surface area contributed by atoms with E-state index in [-0.39, 0.29) is 5.91 Å². The molecule has 0 bridgehead atoms. The van der Waals surface area contributed by atoms with Crippen LogP contribution >= 0.6 is 0 Å². The van der Waals surface area contributed by atoms with Gasteiger partial charge in [0.2, 0.25) is 0 Å². The average molecular weight is 277 g/mol. The number of rotatable bonds is 7. The molecule has 1 aliphatic rings. The smallest absolute Gasteiger partial charge is 0.253 e. The number of hydrogen-bond acceptors (Lipinski definition) is 4. The molecule has 5 heteroatoms. The maximum absolute atomic E-state index is 11.8. The van der Waals surface area contributed by atoms with Crippen molar-refractivity contribution in [3.8, 4) is 0 Å². The maximum atomic E-state index is 11.8. The van der Waals surface area contributed by atoms with Crippen LogP contribution in [0.1, 0.15) is 23.2 Å². The lowest BCUT2D eigenvalue weighted by molar-refractivity contribution is 0.0827. The first kappa shape index (κ1) is 14.7. The highest BCUT2D eigenvalue weighted by Gasteiger charge is 2.20. The van der Waals surface area contributed by atoms with Crippen LogP contribution in [0.4, 0.5) is 11.4 Å². The summed E-state index contributed by atoms with van der Waals surface area (Å²) < 4.78 is 5.55. The summed E-state index contributed by atoms with van der Waals surface area (Å²) in [7, 11) is 3.45. The van der Waals surface area contributed by atoms with Crippen molar-refractivity contribution in [1.82, 2.24) is 4.90 Å². The second-order valence-electron chi connectivity index (χ2n) is 5.45. The van der Waals surface area contributed by atoms with Crippen LogP contribution in [0.25, 0.3) is 0 Å². The number of carbonyl (C=O) groups is 1. The molecule has 1 amide bonds. The van der Waals surface area contributed by atoms with Crippen molar-refractivity contribution in [2.24, 2.45) is 5.92 Å². The van der Waals surface area contributed by atoms with Gasteiger partial charge in [0, 0.05) is 32.8 Å². The van der Waals surface area contributed by atoms with Gasteiger partial charge in [0.15, 0.2) is 0 Å². The van der Waals surface area contributed by atoms with Crippen LogP contribution in [0.15, 0.2) is 18.2 Å². The molecule has 1 aliphatic carbocycles. The molecule has 3 N–H and O–H groups in total. The number of hydrogen-bond donors (Lipinski definition) is 2. The Morgan fingerprint density at radius 3 is 2.80 bits per heavy atom. The van der Waals surface area contributed by atoms with Gasteiger partial charge in [0.05, 0.1) is 18.0 Å². The molecule has 1 fully saturated rings. The monoisotopic (exact) mass is 277 g/mol. The molecule has 5 nitrogen and oxygen atoms in total. The number of benzene rings is 1. The fourth-order valence-electron chi connectivity index (χ4n) is 1.91. The molecule has 1 saturated carbocycles. The lowest BCUT2D eigenvalue weighted by Gasteiger charge is -2.13. The van der Waals surface area contributed by atoms with Crippen molar-refractivity contribution in [2.75, 3.05) is 44.9 Å². The van der Waals surface area contributed by atoms with E-state index in [1.54, 1.807) is 26.2 Å². The first-order valence-corrected chi connectivity index (χ1v) is 7.00. The third-order valence-corrected chi connectivity index (χ3v) is 3.32. The predicted octanol–water partition coefficient (Wildman–Crippen LogP) is 1.81. The normalized spacial score (nSPS) is 14.1. The fourth-order valence-corrected chi connectivity index (χ4v) is 1.91. The van der Waals surface area contributed by atoms with Crippen molar-refractivity contribution in [3.05, 3.63) is 23.8 Å². The minimum atomic E-state index is -0.0454. The number of nitrogens with two attached hydrogens (primary N) is 1. The molecule has 0 unspecified atom stereocenters. The Morgan fingerprint density at radius 1 is 1.45 bits per heavy atom. The predicted molar refractivity (Wildman–Crippen MR) is 80.9 cm³/mol. The van der Waals surface area contributed by atoms with Crippen LogP contribution in [-0.2, 0) is 4.74 Å². The molecule has 20 heavy (non-hydrogen) atoms. The highest BCUT2D eigenvalue weighted by atomic mass is 16.5. The average Bonchev–Trinajstić information content (AvgIpc) is 3.23. The van der Waals surface area contributed by atoms with E-state index in [2.05, 4.69) is 5.32 Å². The molecule has 0 aromatic heterocycles. The first-order chi connectivity index (χ1) is 9.58. The van der Waals surface area contributed by atoms with E-state index >= 15 is 0 Å². The Labute approximate surface area is 120 Å². The highest BCUT2D eigenvalue weighted by Crippen LogP contribution is 2.28. The van der Waals surface area contributed by atoms with Gasteiger partial charge in [-0.15, -0.1) is 0 Å². The molecule has 0 saturated heterocycles. The summed E-state index contributed by atoms with van der Waals surface area (Å²) in [6, 6.07) is 5.33. The summed E-state index contributed by atoms with van der Waals surface area (Å²) in [6.45, 7) is 2.26. The molecule has 0 aliphatic heterocycles. The van der Waals surface area contributed by atoms with E-state index in [4.69, 9.17) is 10.5 Å². The lowest BCUT2D eigenvalue weighted by Crippen LogP contribution is -2.21. The Bertz CT molecular complexity index is 470. The van der Waals surface area contributed by atoms with Crippen LogP contribution in [0.3, 0.4) is 0 Å². The number of nitrogens with zero attached hydrogens (tertiary/aromatic N) is 1. The van der Waals surface area contributed by atoms with Gasteiger partial charge in [0.1, 0.15) is 0 Å². The van der Waals surface area contributed by atoms with Gasteiger partial charge in [-0.25, -0.2) is 0 Å². The molecule has 1 aromatic carbocycles. The summed E-state index contributed by atoms with van der Waals surface area (Å²) >= 11 is 0. The van der Waals surface area contributed by atoms with Gasteiger partial charge in [-0.05, 0) is 37.0 Å². The second kappa shape index (κ2) is 6.61. The van der Waals surface area contributed by atoms with Crippen molar-refractivity contribution < 1.29 is 9.53 Å². The van der Waals surface area contributed by atoms with E-state index < -0.39 is 0 Å². The number of amides is 1. The summed E-state index contributed by atoms with van der Waals surface area (Å²) in [5.41, 5.74) is 7.98. The largest absolute Gasteiger partial charge is 0.397 e. The summed E-state index contributed by atoms with van der Waals surface area (Å²) in [6.07, 6.45) is 2.61. The quantitative estimate of drug-likeness (QED) is 0.589. The van der Waals surface area contributed by atoms with Crippen LogP contribution in [0.5, 0.6) is 0 Å². The SMILES string of the molecule is CN(C)C(=O)c1ccc(NCCOCC2CC2)c(N)c1. The molecular weight excluding hydrogens is 254 g/mol. The van der Waals surface area contributed by atoms with Gasteiger partial charge in [0.25, 0.3) is 5.91 Å². The zero-order valence-corrected chi connectivity index (χ0v) is 12.2. The molecule has 0 atom stereocenters. The molecule has 0 radical (unpaired) electrons. The van der Waals surface area contributed by atoms with Gasteiger partial charge in [-0.3, -0.25) is 4.79 Å². The van der Waals surface area contributed by atoms with E-state index in [0.717, 1.165) is 24.8 Å². The minimum absolute atomic E-state index is 0.0454. The van der Waals surface area contributed by atoms with E-state index in [1.807, 2.05) is 6.07 Å². The first-order valence-electron chi connectivity index (χ1n) is 7.00. The number of carbonyl (C=O) groups excluding carboxylic acids is 1. The van der Waals surface area contributed by atoms with E-state index in [0.29, 0.717) is 17.9 Å². The fraction of sp³-hybridized carbons (Fsp3) is 0.533. The number of nitrogens with one attached hydrogen (secondary N) is 1. The number of nitrogen functional groups attached to an aromatic ring is 1. The van der Waals surface area contributed by atoms with Crippen LogP contribution < -0.4 is 11.1 Å². The Balaban J connectivity index is 1.80. The van der Waals surface area contributed by atoms with Gasteiger partial charge in [-0.1, -0.05) is 0 Å². The van der Waals surface area contributed by atoms with Crippen LogP contribution in [0.2, 0.25) is 0 Å². The van der Waals surface area contributed by atoms with Gasteiger partial charge < -0.3 is 20.7 Å². The van der Waals surface area contributed by atoms with Crippen molar-refractivity contribution in [2.45, 2.75) is 12.8 Å². The zero-order chi connectivity index (χ0) is 14.5. The van der Waals surface area contributed by atoms with Crippen LogP contribution in [-0.4, -0.2) is 44.7 Å². The summed E-state index contributed by atoms with van der Waals surface area (Å²) in [5, 5.41) is 3.23. The van der Waals surface area contributed by atoms with Crippen LogP contribution in [0, 0.1) is 5.92 Å². The molecule has 0 heterocycles. The molecule has 0 spiro atoms. The van der Waals surface area contributed by atoms with Crippen molar-refractivity contribution in [3.63, 3.8) is 0 Å².